The van der Waals surface area contributed by atoms with Gasteiger partial charge >= 0.3 is 0 Å². The van der Waals surface area contributed by atoms with Gasteiger partial charge in [-0.2, -0.15) is 0 Å². The summed E-state index contributed by atoms with van der Waals surface area (Å²) in [4.78, 5) is 19.3. The van der Waals surface area contributed by atoms with Gasteiger partial charge in [-0.1, -0.05) is 50.2 Å². The molecule has 1 aliphatic rings. The SMILES string of the molecule is Cc1ccc(C(C)C)c(OCCCn2c(C3CC(=O)N(c4ccccc4F)C3)nc3ccccc32)c1. The summed E-state index contributed by atoms with van der Waals surface area (Å²) in [5.41, 5.74) is 4.68. The van der Waals surface area contributed by atoms with Crippen LogP contribution in [0.25, 0.3) is 11.0 Å². The third kappa shape index (κ3) is 4.72. The number of hydrogen-bond acceptors (Lipinski definition) is 3. The summed E-state index contributed by atoms with van der Waals surface area (Å²) in [6, 6.07) is 20.9. The predicted octanol–water partition coefficient (Wildman–Crippen LogP) is 6.60. The molecule has 186 valence electrons. The summed E-state index contributed by atoms with van der Waals surface area (Å²) in [7, 11) is 0. The molecule has 36 heavy (non-hydrogen) atoms. The quantitative estimate of drug-likeness (QED) is 0.264. The maximum atomic E-state index is 14.4. The average Bonchev–Trinajstić information content (AvgIpc) is 3.42. The van der Waals surface area contributed by atoms with E-state index in [0.717, 1.165) is 35.6 Å². The van der Waals surface area contributed by atoms with Crippen LogP contribution in [0.4, 0.5) is 10.1 Å². The maximum Gasteiger partial charge on any atom is 0.227 e. The van der Waals surface area contributed by atoms with Crippen LogP contribution in [-0.2, 0) is 11.3 Å². The number of hydrogen-bond donors (Lipinski definition) is 0. The lowest BCUT2D eigenvalue weighted by Crippen LogP contribution is -2.25. The summed E-state index contributed by atoms with van der Waals surface area (Å²) < 4.78 is 22.8. The molecule has 0 N–H and O–H groups in total. The van der Waals surface area contributed by atoms with Gasteiger partial charge in [-0.15, -0.1) is 0 Å². The second-order valence-electron chi connectivity index (χ2n) is 9.87. The summed E-state index contributed by atoms with van der Waals surface area (Å²) in [5, 5.41) is 0. The number of ether oxygens (including phenoxy) is 1. The highest BCUT2D eigenvalue weighted by atomic mass is 19.1. The van der Waals surface area contributed by atoms with Gasteiger partial charge in [0, 0.05) is 25.4 Å². The highest BCUT2D eigenvalue weighted by Crippen LogP contribution is 2.34. The van der Waals surface area contributed by atoms with Crippen molar-refractivity contribution in [2.75, 3.05) is 18.1 Å². The van der Waals surface area contributed by atoms with Gasteiger partial charge in [0.15, 0.2) is 0 Å². The van der Waals surface area contributed by atoms with Crippen LogP contribution in [0.2, 0.25) is 0 Å². The molecule has 2 heterocycles. The zero-order valence-corrected chi connectivity index (χ0v) is 21.1. The average molecular weight is 486 g/mol. The molecule has 1 amide bonds. The minimum absolute atomic E-state index is 0.0762. The molecule has 0 radical (unpaired) electrons. The highest BCUT2D eigenvalue weighted by Gasteiger charge is 2.35. The summed E-state index contributed by atoms with van der Waals surface area (Å²) in [5.74, 6) is 1.66. The van der Waals surface area contributed by atoms with Crippen molar-refractivity contribution >= 4 is 22.6 Å². The van der Waals surface area contributed by atoms with E-state index in [1.165, 1.54) is 17.2 Å². The molecule has 1 fully saturated rings. The molecule has 3 aromatic carbocycles. The number of anilines is 1. The van der Waals surface area contributed by atoms with Crippen molar-refractivity contribution in [2.24, 2.45) is 0 Å². The predicted molar refractivity (Wildman–Crippen MR) is 141 cm³/mol. The van der Waals surface area contributed by atoms with Crippen molar-refractivity contribution in [3.63, 3.8) is 0 Å². The number of aromatic nitrogens is 2. The smallest absolute Gasteiger partial charge is 0.227 e. The lowest BCUT2D eigenvalue weighted by atomic mass is 10.0. The minimum atomic E-state index is -0.380. The molecule has 6 heteroatoms. The maximum absolute atomic E-state index is 14.4. The lowest BCUT2D eigenvalue weighted by Gasteiger charge is -2.18. The lowest BCUT2D eigenvalue weighted by molar-refractivity contribution is -0.117. The van der Waals surface area contributed by atoms with Gasteiger partial charge in [-0.25, -0.2) is 9.37 Å². The third-order valence-corrected chi connectivity index (χ3v) is 6.89. The Balaban J connectivity index is 1.35. The molecule has 4 aromatic rings. The normalized spacial score (nSPS) is 15.9. The van der Waals surface area contributed by atoms with E-state index < -0.39 is 0 Å². The highest BCUT2D eigenvalue weighted by molar-refractivity contribution is 5.96. The van der Waals surface area contributed by atoms with Gasteiger partial charge in [-0.3, -0.25) is 4.79 Å². The van der Waals surface area contributed by atoms with Crippen LogP contribution in [0.1, 0.15) is 55.5 Å². The number of aryl methyl sites for hydroxylation is 2. The Morgan fingerprint density at radius 1 is 1.08 bits per heavy atom. The topological polar surface area (TPSA) is 47.4 Å². The number of nitrogens with zero attached hydrogens (tertiary/aromatic N) is 3. The van der Waals surface area contributed by atoms with Crippen LogP contribution in [-0.4, -0.2) is 28.6 Å². The molecule has 1 atom stereocenters. The molecule has 1 unspecified atom stereocenters. The number of halogens is 1. The largest absolute Gasteiger partial charge is 0.493 e. The van der Waals surface area contributed by atoms with Crippen LogP contribution in [0, 0.1) is 12.7 Å². The summed E-state index contributed by atoms with van der Waals surface area (Å²) in [6.45, 7) is 8.15. The minimum Gasteiger partial charge on any atom is -0.493 e. The van der Waals surface area contributed by atoms with Crippen molar-refractivity contribution in [3.8, 4) is 5.75 Å². The van der Waals surface area contributed by atoms with Crippen molar-refractivity contribution in [2.45, 2.75) is 52.0 Å². The first kappa shape index (κ1) is 24.0. The molecule has 1 aliphatic heterocycles. The molecule has 0 bridgehead atoms. The number of para-hydroxylation sites is 3. The number of carbonyl (C=O) groups is 1. The summed E-state index contributed by atoms with van der Waals surface area (Å²) >= 11 is 0. The van der Waals surface area contributed by atoms with Crippen molar-refractivity contribution < 1.29 is 13.9 Å². The van der Waals surface area contributed by atoms with E-state index in [9.17, 15) is 9.18 Å². The first-order chi connectivity index (χ1) is 17.4. The number of fused-ring (bicyclic) bond motifs is 1. The number of carbonyl (C=O) groups excluding carboxylic acids is 1. The fourth-order valence-electron chi connectivity index (χ4n) is 5.07. The van der Waals surface area contributed by atoms with Gasteiger partial charge in [-0.05, 0) is 60.7 Å². The van der Waals surface area contributed by atoms with Crippen LogP contribution in [0.5, 0.6) is 5.75 Å². The van der Waals surface area contributed by atoms with Crippen molar-refractivity contribution in [1.82, 2.24) is 9.55 Å². The second kappa shape index (κ2) is 10.1. The Morgan fingerprint density at radius 3 is 2.67 bits per heavy atom. The van der Waals surface area contributed by atoms with Gasteiger partial charge < -0.3 is 14.2 Å². The van der Waals surface area contributed by atoms with E-state index in [-0.39, 0.29) is 17.6 Å². The Bertz CT molecular complexity index is 1390. The Kier molecular flexibility index (Phi) is 6.77. The molecule has 0 saturated carbocycles. The number of benzene rings is 3. The molecule has 5 nitrogen and oxygen atoms in total. The Hall–Kier alpha value is -3.67. The van der Waals surface area contributed by atoms with Gasteiger partial charge in [0.05, 0.1) is 23.3 Å². The van der Waals surface area contributed by atoms with E-state index >= 15 is 0 Å². The van der Waals surface area contributed by atoms with Gasteiger partial charge in [0.25, 0.3) is 0 Å². The molecular weight excluding hydrogens is 453 g/mol. The van der Waals surface area contributed by atoms with E-state index in [4.69, 9.17) is 9.72 Å². The number of amides is 1. The van der Waals surface area contributed by atoms with E-state index in [1.807, 2.05) is 18.2 Å². The van der Waals surface area contributed by atoms with Crippen LogP contribution >= 0.6 is 0 Å². The Labute approximate surface area is 211 Å². The number of rotatable bonds is 8. The van der Waals surface area contributed by atoms with Crippen LogP contribution < -0.4 is 9.64 Å². The number of imidazole rings is 1. The van der Waals surface area contributed by atoms with Gasteiger partial charge in [0.2, 0.25) is 5.91 Å². The fourth-order valence-corrected chi connectivity index (χ4v) is 5.07. The van der Waals surface area contributed by atoms with Crippen molar-refractivity contribution in [3.05, 3.63) is 89.5 Å². The molecule has 1 saturated heterocycles. The first-order valence-corrected chi connectivity index (χ1v) is 12.7. The Morgan fingerprint density at radius 2 is 1.86 bits per heavy atom. The van der Waals surface area contributed by atoms with Crippen LogP contribution in [0.3, 0.4) is 0 Å². The first-order valence-electron chi connectivity index (χ1n) is 12.7. The standard InChI is InChI=1S/C30H32FN3O2/c1-20(2)23-14-13-21(3)17-28(23)36-16-8-15-33-27-12-7-5-10-25(27)32-30(33)22-18-29(35)34(19-22)26-11-6-4-9-24(26)31/h4-7,9-14,17,20,22H,8,15-16,18-19H2,1-3H3. The van der Waals surface area contributed by atoms with Crippen LogP contribution in [0.15, 0.2) is 66.7 Å². The summed E-state index contributed by atoms with van der Waals surface area (Å²) in [6.07, 6.45) is 1.12. The third-order valence-electron chi connectivity index (χ3n) is 6.89. The monoisotopic (exact) mass is 485 g/mol. The zero-order chi connectivity index (χ0) is 25.2. The molecular formula is C30H32FN3O2. The second-order valence-corrected chi connectivity index (χ2v) is 9.87. The van der Waals surface area contributed by atoms with Crippen molar-refractivity contribution in [1.29, 1.82) is 0 Å². The molecule has 1 aromatic heterocycles. The van der Waals surface area contributed by atoms with E-state index in [0.29, 0.717) is 31.2 Å². The molecule has 5 rings (SSSR count). The fraction of sp³-hybridized carbons (Fsp3) is 0.333. The molecule has 0 aliphatic carbocycles. The zero-order valence-electron chi connectivity index (χ0n) is 21.1. The molecule has 0 spiro atoms. The van der Waals surface area contributed by atoms with Gasteiger partial charge in [0.1, 0.15) is 17.4 Å². The van der Waals surface area contributed by atoms with E-state index in [1.54, 1.807) is 23.1 Å². The van der Waals surface area contributed by atoms with E-state index in [2.05, 4.69) is 49.6 Å².